The lowest BCUT2D eigenvalue weighted by Gasteiger charge is -2.07. The minimum absolute atomic E-state index is 0. The maximum Gasteiger partial charge on any atom is 0.193 e. The minimum Gasteiger partial charge on any atom is -0.494 e. The third-order valence-electron chi connectivity index (χ3n) is 3.28. The van der Waals surface area contributed by atoms with E-state index in [1.54, 1.807) is 0 Å². The maximum absolute atomic E-state index is 5.93. The summed E-state index contributed by atoms with van der Waals surface area (Å²) in [7, 11) is 0. The van der Waals surface area contributed by atoms with Gasteiger partial charge in [-0.1, -0.05) is 31.2 Å². The highest BCUT2D eigenvalue weighted by atomic mass is 127. The summed E-state index contributed by atoms with van der Waals surface area (Å²) >= 11 is 0. The summed E-state index contributed by atoms with van der Waals surface area (Å²) in [4.78, 5) is 4.36. The van der Waals surface area contributed by atoms with Crippen molar-refractivity contribution in [2.24, 2.45) is 10.7 Å². The van der Waals surface area contributed by atoms with E-state index in [1.165, 1.54) is 5.56 Å². The van der Waals surface area contributed by atoms with Crippen LogP contribution in [-0.2, 0) is 13.0 Å². The number of aryl methyl sites for hydroxylation is 1. The average molecular weight is 425 g/mol. The van der Waals surface area contributed by atoms with Crippen molar-refractivity contribution in [2.45, 2.75) is 26.8 Å². The van der Waals surface area contributed by atoms with Crippen LogP contribution < -0.4 is 15.8 Å². The van der Waals surface area contributed by atoms with Crippen molar-refractivity contribution in [2.75, 3.05) is 11.9 Å². The van der Waals surface area contributed by atoms with Crippen molar-refractivity contribution < 1.29 is 4.74 Å². The fraction of sp³-hybridized carbons (Fsp3) is 0.278. The van der Waals surface area contributed by atoms with E-state index in [9.17, 15) is 0 Å². The summed E-state index contributed by atoms with van der Waals surface area (Å²) in [6.45, 7) is 5.28. The van der Waals surface area contributed by atoms with Gasteiger partial charge in [-0.2, -0.15) is 0 Å². The molecule has 0 saturated carbocycles. The van der Waals surface area contributed by atoms with Gasteiger partial charge in [-0.15, -0.1) is 24.0 Å². The summed E-state index contributed by atoms with van der Waals surface area (Å²) in [5.41, 5.74) is 9.24. The number of rotatable bonds is 6. The summed E-state index contributed by atoms with van der Waals surface area (Å²) < 4.78 is 5.48. The van der Waals surface area contributed by atoms with Gasteiger partial charge >= 0.3 is 0 Å². The lowest BCUT2D eigenvalue weighted by Crippen LogP contribution is -2.22. The predicted octanol–water partition coefficient (Wildman–Crippen LogP) is 4.19. The number of ether oxygens (including phenoxy) is 1. The number of anilines is 1. The normalized spacial score (nSPS) is 10.8. The van der Waals surface area contributed by atoms with Gasteiger partial charge in [0.15, 0.2) is 5.96 Å². The molecule has 23 heavy (non-hydrogen) atoms. The van der Waals surface area contributed by atoms with Crippen LogP contribution in [0.2, 0.25) is 0 Å². The Morgan fingerprint density at radius 1 is 1.09 bits per heavy atom. The fourth-order valence-electron chi connectivity index (χ4n) is 2.09. The number of guanidine groups is 1. The van der Waals surface area contributed by atoms with E-state index in [1.807, 2.05) is 43.3 Å². The first-order chi connectivity index (χ1) is 10.7. The Kier molecular flexibility index (Phi) is 8.47. The molecule has 0 radical (unpaired) electrons. The molecule has 0 bridgehead atoms. The molecule has 0 aliphatic rings. The zero-order chi connectivity index (χ0) is 15.8. The first kappa shape index (κ1) is 19.3. The van der Waals surface area contributed by atoms with Gasteiger partial charge in [0.2, 0.25) is 0 Å². The van der Waals surface area contributed by atoms with Crippen molar-refractivity contribution >= 4 is 35.6 Å². The van der Waals surface area contributed by atoms with Crippen LogP contribution in [0.4, 0.5) is 5.69 Å². The van der Waals surface area contributed by atoms with Crippen molar-refractivity contribution in [3.05, 3.63) is 59.7 Å². The molecule has 0 aliphatic heterocycles. The first-order valence-electron chi connectivity index (χ1n) is 7.59. The Morgan fingerprint density at radius 2 is 1.83 bits per heavy atom. The monoisotopic (exact) mass is 425 g/mol. The zero-order valence-electron chi connectivity index (χ0n) is 13.6. The number of aliphatic imine (C=N–C) groups is 1. The van der Waals surface area contributed by atoms with Gasteiger partial charge in [0.25, 0.3) is 0 Å². The summed E-state index contributed by atoms with van der Waals surface area (Å²) in [6, 6.07) is 16.1. The van der Waals surface area contributed by atoms with Gasteiger partial charge in [0.1, 0.15) is 5.75 Å². The number of nitrogens with one attached hydrogen (secondary N) is 1. The number of nitrogens with two attached hydrogens (primary N) is 1. The van der Waals surface area contributed by atoms with Crippen LogP contribution >= 0.6 is 24.0 Å². The van der Waals surface area contributed by atoms with Crippen molar-refractivity contribution in [3.63, 3.8) is 0 Å². The van der Waals surface area contributed by atoms with E-state index < -0.39 is 0 Å². The highest BCUT2D eigenvalue weighted by Crippen LogP contribution is 2.14. The Balaban J connectivity index is 0.00000264. The third-order valence-corrected chi connectivity index (χ3v) is 3.28. The second-order valence-electron chi connectivity index (χ2n) is 4.96. The van der Waals surface area contributed by atoms with E-state index in [4.69, 9.17) is 10.5 Å². The van der Waals surface area contributed by atoms with Crippen LogP contribution in [0.15, 0.2) is 53.5 Å². The molecule has 0 aliphatic carbocycles. The molecule has 0 saturated heterocycles. The van der Waals surface area contributed by atoms with E-state index in [-0.39, 0.29) is 24.0 Å². The molecular weight excluding hydrogens is 401 g/mol. The van der Waals surface area contributed by atoms with Gasteiger partial charge in [-0.05, 0) is 48.7 Å². The second kappa shape index (κ2) is 10.1. The second-order valence-corrected chi connectivity index (χ2v) is 4.96. The van der Waals surface area contributed by atoms with Crippen LogP contribution in [0.3, 0.4) is 0 Å². The largest absolute Gasteiger partial charge is 0.494 e. The van der Waals surface area contributed by atoms with E-state index in [0.717, 1.165) is 23.4 Å². The van der Waals surface area contributed by atoms with Gasteiger partial charge < -0.3 is 15.8 Å². The van der Waals surface area contributed by atoms with Crippen LogP contribution in [-0.4, -0.2) is 12.6 Å². The van der Waals surface area contributed by atoms with E-state index >= 15 is 0 Å². The quantitative estimate of drug-likeness (QED) is 0.415. The number of hydrogen-bond donors (Lipinski definition) is 2. The van der Waals surface area contributed by atoms with Crippen molar-refractivity contribution in [1.82, 2.24) is 0 Å². The van der Waals surface area contributed by atoms with Crippen molar-refractivity contribution in [1.29, 1.82) is 0 Å². The van der Waals surface area contributed by atoms with E-state index in [2.05, 4.69) is 29.4 Å². The smallest absolute Gasteiger partial charge is 0.193 e. The number of halogens is 1. The molecule has 0 amide bonds. The molecule has 4 nitrogen and oxygen atoms in total. The molecular formula is C18H24IN3O. The first-order valence-corrected chi connectivity index (χ1v) is 7.59. The molecule has 0 heterocycles. The summed E-state index contributed by atoms with van der Waals surface area (Å²) in [5, 5.41) is 3.10. The van der Waals surface area contributed by atoms with E-state index in [0.29, 0.717) is 19.1 Å². The molecule has 0 unspecified atom stereocenters. The van der Waals surface area contributed by atoms with Gasteiger partial charge in [0, 0.05) is 5.69 Å². The molecule has 2 aromatic carbocycles. The standard InChI is InChI=1S/C18H23N3O.HI/c1-3-14-8-10-16(11-9-14)21-18(19)20-13-15-6-5-7-17(12-15)22-4-2;/h5-12H,3-4,13H2,1-2H3,(H3,19,20,21);1H. The van der Waals surface area contributed by atoms with Gasteiger partial charge in [-0.25, -0.2) is 4.99 Å². The van der Waals surface area contributed by atoms with Crippen molar-refractivity contribution in [3.8, 4) is 5.75 Å². The molecule has 2 aromatic rings. The average Bonchev–Trinajstić information content (AvgIpc) is 2.54. The van der Waals surface area contributed by atoms with Gasteiger partial charge in [-0.3, -0.25) is 0 Å². The minimum atomic E-state index is 0. The Labute approximate surface area is 155 Å². The highest BCUT2D eigenvalue weighted by Gasteiger charge is 1.98. The summed E-state index contributed by atoms with van der Waals surface area (Å²) in [5.74, 6) is 1.27. The number of benzene rings is 2. The topological polar surface area (TPSA) is 59.6 Å². The SMILES string of the molecule is CCOc1cccc(CN=C(N)Nc2ccc(CC)cc2)c1.I. The molecule has 0 atom stereocenters. The molecule has 5 heteroatoms. The van der Waals surface area contributed by atoms with Crippen LogP contribution in [0, 0.1) is 0 Å². The Morgan fingerprint density at radius 3 is 2.48 bits per heavy atom. The molecule has 0 fully saturated rings. The molecule has 2 rings (SSSR count). The molecule has 0 spiro atoms. The van der Waals surface area contributed by atoms with Crippen LogP contribution in [0.5, 0.6) is 5.75 Å². The highest BCUT2D eigenvalue weighted by molar-refractivity contribution is 14.0. The lowest BCUT2D eigenvalue weighted by molar-refractivity contribution is 0.340. The third kappa shape index (κ3) is 6.48. The number of nitrogens with zero attached hydrogens (tertiary/aromatic N) is 1. The Hall–Kier alpha value is -1.76. The van der Waals surface area contributed by atoms with Crippen LogP contribution in [0.1, 0.15) is 25.0 Å². The lowest BCUT2D eigenvalue weighted by atomic mass is 10.1. The van der Waals surface area contributed by atoms with Crippen LogP contribution in [0.25, 0.3) is 0 Å². The number of hydrogen-bond acceptors (Lipinski definition) is 2. The zero-order valence-corrected chi connectivity index (χ0v) is 15.9. The molecule has 0 aromatic heterocycles. The molecule has 124 valence electrons. The predicted molar refractivity (Wildman–Crippen MR) is 108 cm³/mol. The van der Waals surface area contributed by atoms with Gasteiger partial charge in [0.05, 0.1) is 13.2 Å². The molecule has 3 N–H and O–H groups in total. The summed E-state index contributed by atoms with van der Waals surface area (Å²) in [6.07, 6.45) is 1.03. The maximum atomic E-state index is 5.93. The Bertz CT molecular complexity index is 626. The fourth-order valence-corrected chi connectivity index (χ4v) is 2.09.